The highest BCUT2D eigenvalue weighted by Gasteiger charge is 2.53. The summed E-state index contributed by atoms with van der Waals surface area (Å²) >= 11 is 0. The van der Waals surface area contributed by atoms with Crippen LogP contribution in [-0.4, -0.2) is 57.3 Å². The molecule has 12 heteroatoms. The fourth-order valence-corrected chi connectivity index (χ4v) is 4.52. The third-order valence-electron chi connectivity index (χ3n) is 6.37. The van der Waals surface area contributed by atoms with Gasteiger partial charge in [-0.15, -0.1) is 0 Å². The highest BCUT2D eigenvalue weighted by Crippen LogP contribution is 2.32. The van der Waals surface area contributed by atoms with E-state index in [0.717, 1.165) is 40.6 Å². The first-order chi connectivity index (χ1) is 16.7. The monoisotopic (exact) mass is 486 g/mol. The number of alkyl halides is 3. The molecule has 2 aliphatic rings. The molecule has 0 bridgehead atoms. The number of aromatic nitrogens is 2. The normalized spacial score (nSPS) is 17.8. The van der Waals surface area contributed by atoms with Crippen molar-refractivity contribution in [2.45, 2.75) is 24.6 Å². The number of benzene rings is 1. The Morgan fingerprint density at radius 3 is 2.49 bits per heavy atom. The summed E-state index contributed by atoms with van der Waals surface area (Å²) in [5.74, 6) is -0.435. The maximum atomic E-state index is 13.1. The van der Waals surface area contributed by atoms with Gasteiger partial charge < -0.3 is 15.5 Å². The van der Waals surface area contributed by atoms with Gasteiger partial charge in [-0.3, -0.25) is 18.9 Å². The molecule has 3 aromatic rings. The van der Waals surface area contributed by atoms with Crippen LogP contribution in [0.4, 0.5) is 29.6 Å². The van der Waals surface area contributed by atoms with Crippen molar-refractivity contribution in [1.29, 1.82) is 0 Å². The largest absolute Gasteiger partial charge is 0.416 e. The van der Waals surface area contributed by atoms with E-state index in [9.17, 15) is 27.6 Å². The number of halogens is 3. The smallest absolute Gasteiger partial charge is 0.342 e. The molecule has 0 atom stereocenters. The first kappa shape index (κ1) is 22.7. The van der Waals surface area contributed by atoms with Gasteiger partial charge in [-0.05, 0) is 55.3 Å². The van der Waals surface area contributed by atoms with Crippen LogP contribution >= 0.6 is 0 Å². The van der Waals surface area contributed by atoms with E-state index in [1.54, 1.807) is 6.20 Å². The van der Waals surface area contributed by atoms with Crippen LogP contribution in [0.25, 0.3) is 5.52 Å². The van der Waals surface area contributed by atoms with E-state index >= 15 is 0 Å². The molecule has 2 aromatic heterocycles. The molecule has 4 heterocycles. The number of imide groups is 1. The van der Waals surface area contributed by atoms with Gasteiger partial charge in [-0.2, -0.15) is 13.2 Å². The van der Waals surface area contributed by atoms with E-state index < -0.39 is 41.7 Å². The van der Waals surface area contributed by atoms with Crippen molar-refractivity contribution in [3.05, 3.63) is 60.4 Å². The zero-order valence-corrected chi connectivity index (χ0v) is 18.4. The second-order valence-corrected chi connectivity index (χ2v) is 8.56. The topological polar surface area (TPSA) is 99.1 Å². The fraction of sp³-hybridized carbons (Fsp3) is 0.304. The molecule has 9 nitrogen and oxygen atoms in total. The fourth-order valence-electron chi connectivity index (χ4n) is 4.52. The Kier molecular flexibility index (Phi) is 5.37. The van der Waals surface area contributed by atoms with Gasteiger partial charge in [0.05, 0.1) is 5.56 Å². The molecule has 0 radical (unpaired) electrons. The van der Waals surface area contributed by atoms with Gasteiger partial charge in [0.2, 0.25) is 11.9 Å². The van der Waals surface area contributed by atoms with Gasteiger partial charge in [0.25, 0.3) is 5.91 Å². The van der Waals surface area contributed by atoms with Crippen LogP contribution in [0, 0.1) is 0 Å². The number of rotatable bonds is 4. The van der Waals surface area contributed by atoms with Crippen LogP contribution in [0.2, 0.25) is 0 Å². The number of urea groups is 1. The molecule has 2 fully saturated rings. The molecule has 0 saturated carbocycles. The van der Waals surface area contributed by atoms with Crippen molar-refractivity contribution < 1.29 is 27.6 Å². The average molecular weight is 486 g/mol. The summed E-state index contributed by atoms with van der Waals surface area (Å²) in [6.07, 6.45) is -0.186. The van der Waals surface area contributed by atoms with Crippen molar-refractivity contribution in [2.24, 2.45) is 0 Å². The van der Waals surface area contributed by atoms with Crippen molar-refractivity contribution in [3.63, 3.8) is 0 Å². The Morgan fingerprint density at radius 1 is 1.09 bits per heavy atom. The number of piperidine rings is 1. The number of anilines is 2. The lowest BCUT2D eigenvalue weighted by atomic mass is 9.87. The number of amides is 4. The second kappa shape index (κ2) is 8.29. The molecule has 4 amide bonds. The molecule has 2 N–H and O–H groups in total. The number of carbonyl (C=O) groups is 3. The summed E-state index contributed by atoms with van der Waals surface area (Å²) in [4.78, 5) is 45.5. The number of carbonyl (C=O) groups excluding carboxylic acids is 3. The standard InChI is InChI=1S/C23H21F3N6O3/c24-23(25,26)15-3-5-16(6-4-15)28-18(33)14-32-19(34)22(29-21(32)35)8-12-30(13-9-22)20-27-10-7-17-2-1-11-31(17)20/h1-7,10-11H,8-9,12-14H2,(H,28,33)(H,29,35). The van der Waals surface area contributed by atoms with Gasteiger partial charge in [-0.1, -0.05) is 0 Å². The summed E-state index contributed by atoms with van der Waals surface area (Å²) in [6.45, 7) is 0.408. The van der Waals surface area contributed by atoms with Crippen LogP contribution < -0.4 is 15.5 Å². The van der Waals surface area contributed by atoms with E-state index in [2.05, 4.69) is 15.6 Å². The molecule has 182 valence electrons. The minimum absolute atomic E-state index is 0.129. The Bertz CT molecular complexity index is 1300. The third-order valence-corrected chi connectivity index (χ3v) is 6.37. The van der Waals surface area contributed by atoms with Crippen LogP contribution in [0.15, 0.2) is 54.9 Å². The van der Waals surface area contributed by atoms with Gasteiger partial charge in [0.15, 0.2) is 0 Å². The molecule has 35 heavy (non-hydrogen) atoms. The Balaban J connectivity index is 1.22. The summed E-state index contributed by atoms with van der Waals surface area (Å²) in [7, 11) is 0. The number of fused-ring (bicyclic) bond motifs is 1. The van der Waals surface area contributed by atoms with Gasteiger partial charge in [0, 0.05) is 36.7 Å². The highest BCUT2D eigenvalue weighted by molar-refractivity contribution is 6.10. The maximum Gasteiger partial charge on any atom is 0.416 e. The SMILES string of the molecule is O=C(CN1C(=O)NC2(CCN(c3nccc4cccn34)CC2)C1=O)Nc1ccc(C(F)(F)F)cc1. The number of nitrogens with one attached hydrogen (secondary N) is 2. The minimum Gasteiger partial charge on any atom is -0.342 e. The molecule has 5 rings (SSSR count). The molecule has 1 aromatic carbocycles. The van der Waals surface area contributed by atoms with Crippen molar-refractivity contribution in [1.82, 2.24) is 19.6 Å². The predicted octanol–water partition coefficient (Wildman–Crippen LogP) is 2.88. The summed E-state index contributed by atoms with van der Waals surface area (Å²) in [6, 6.07) is 9.02. The highest BCUT2D eigenvalue weighted by atomic mass is 19.4. The number of hydrogen-bond acceptors (Lipinski definition) is 5. The van der Waals surface area contributed by atoms with E-state index in [-0.39, 0.29) is 5.69 Å². The second-order valence-electron chi connectivity index (χ2n) is 8.56. The van der Waals surface area contributed by atoms with Crippen molar-refractivity contribution >= 4 is 35.0 Å². The first-order valence-corrected chi connectivity index (χ1v) is 10.9. The van der Waals surface area contributed by atoms with Gasteiger partial charge in [-0.25, -0.2) is 9.78 Å². The lowest BCUT2D eigenvalue weighted by Gasteiger charge is -2.37. The molecule has 1 spiro atoms. The van der Waals surface area contributed by atoms with Crippen molar-refractivity contribution in [2.75, 3.05) is 29.9 Å². The lowest BCUT2D eigenvalue weighted by Crippen LogP contribution is -2.55. The molecule has 0 unspecified atom stereocenters. The maximum absolute atomic E-state index is 13.1. The molecule has 2 saturated heterocycles. The van der Waals surface area contributed by atoms with Crippen molar-refractivity contribution in [3.8, 4) is 0 Å². The zero-order chi connectivity index (χ0) is 24.8. The molecule has 0 aliphatic carbocycles. The predicted molar refractivity (Wildman–Crippen MR) is 120 cm³/mol. The molecular weight excluding hydrogens is 465 g/mol. The van der Waals surface area contributed by atoms with Crippen LogP contribution in [0.5, 0.6) is 0 Å². The zero-order valence-electron chi connectivity index (χ0n) is 18.4. The van der Waals surface area contributed by atoms with Crippen LogP contribution in [-0.2, 0) is 15.8 Å². The quantitative estimate of drug-likeness (QED) is 0.553. The summed E-state index contributed by atoms with van der Waals surface area (Å²) in [5, 5.41) is 5.17. The number of nitrogens with zero attached hydrogens (tertiary/aromatic N) is 4. The van der Waals surface area contributed by atoms with E-state index in [0.29, 0.717) is 25.9 Å². The summed E-state index contributed by atoms with van der Waals surface area (Å²) in [5.41, 5.74) is -0.830. The van der Waals surface area contributed by atoms with Crippen LogP contribution in [0.1, 0.15) is 18.4 Å². The van der Waals surface area contributed by atoms with Crippen LogP contribution in [0.3, 0.4) is 0 Å². The Hall–Kier alpha value is -4.09. The van der Waals surface area contributed by atoms with E-state index in [1.807, 2.05) is 33.7 Å². The molecule has 2 aliphatic heterocycles. The van der Waals surface area contributed by atoms with E-state index in [4.69, 9.17) is 0 Å². The minimum atomic E-state index is -4.49. The lowest BCUT2D eigenvalue weighted by molar-refractivity contribution is -0.137. The summed E-state index contributed by atoms with van der Waals surface area (Å²) < 4.78 is 40.1. The number of hydrogen-bond donors (Lipinski definition) is 2. The van der Waals surface area contributed by atoms with Gasteiger partial charge in [0.1, 0.15) is 12.1 Å². The Morgan fingerprint density at radius 2 is 1.80 bits per heavy atom. The average Bonchev–Trinajstić information content (AvgIpc) is 3.39. The van der Waals surface area contributed by atoms with E-state index in [1.165, 1.54) is 0 Å². The third kappa shape index (κ3) is 4.15. The Labute approximate surface area is 197 Å². The first-order valence-electron chi connectivity index (χ1n) is 10.9. The molecular formula is C23H21F3N6O3. The van der Waals surface area contributed by atoms with Gasteiger partial charge >= 0.3 is 12.2 Å².